The van der Waals surface area contributed by atoms with Crippen LogP contribution in [-0.2, 0) is 4.79 Å². The lowest BCUT2D eigenvalue weighted by Gasteiger charge is -2.46. The van der Waals surface area contributed by atoms with Crippen molar-refractivity contribution in [1.29, 1.82) is 0 Å². The van der Waals surface area contributed by atoms with E-state index in [9.17, 15) is 4.79 Å². The van der Waals surface area contributed by atoms with Crippen LogP contribution in [0, 0.1) is 0 Å². The van der Waals surface area contributed by atoms with Gasteiger partial charge in [0.1, 0.15) is 5.82 Å². The molecule has 5 rings (SSSR count). The van der Waals surface area contributed by atoms with Gasteiger partial charge in [-0.1, -0.05) is 6.42 Å². The Labute approximate surface area is 165 Å². The molecular formula is C20H29N7O. The van der Waals surface area contributed by atoms with E-state index in [0.29, 0.717) is 12.0 Å². The Bertz CT molecular complexity index is 884. The van der Waals surface area contributed by atoms with Crippen LogP contribution in [0.4, 0.5) is 5.82 Å². The smallest absolute Gasteiger partial charge is 0.240 e. The van der Waals surface area contributed by atoms with Gasteiger partial charge in [0, 0.05) is 37.6 Å². The molecule has 2 aromatic rings. The van der Waals surface area contributed by atoms with E-state index in [2.05, 4.69) is 40.9 Å². The van der Waals surface area contributed by atoms with Crippen LogP contribution in [-0.4, -0.2) is 80.3 Å². The topological polar surface area (TPSA) is 69.9 Å². The maximum atomic E-state index is 12.7. The van der Waals surface area contributed by atoms with Crippen molar-refractivity contribution in [3.8, 4) is 0 Å². The number of hydrogen-bond donors (Lipinski definition) is 0. The predicted molar refractivity (Wildman–Crippen MR) is 106 cm³/mol. The Balaban J connectivity index is 1.26. The predicted octanol–water partition coefficient (Wildman–Crippen LogP) is 1.52. The molecule has 2 aliphatic heterocycles. The van der Waals surface area contributed by atoms with Crippen LogP contribution in [0.2, 0.25) is 0 Å². The zero-order valence-electron chi connectivity index (χ0n) is 17.0. The summed E-state index contributed by atoms with van der Waals surface area (Å²) in [6.45, 7) is 6.87. The number of nitrogens with zero attached hydrogens (tertiary/aromatic N) is 7. The number of aromatic nitrogens is 4. The van der Waals surface area contributed by atoms with E-state index in [4.69, 9.17) is 5.10 Å². The van der Waals surface area contributed by atoms with E-state index < -0.39 is 0 Å². The number of anilines is 1. The van der Waals surface area contributed by atoms with Gasteiger partial charge < -0.3 is 9.80 Å². The molecular weight excluding hydrogens is 354 g/mol. The van der Waals surface area contributed by atoms with E-state index in [-0.39, 0.29) is 18.0 Å². The molecule has 0 bridgehead atoms. The molecule has 2 saturated heterocycles. The first-order chi connectivity index (χ1) is 13.5. The second kappa shape index (κ2) is 6.69. The van der Waals surface area contributed by atoms with Crippen LogP contribution in [0.1, 0.15) is 51.3 Å². The number of hydrogen-bond acceptors (Lipinski definition) is 6. The molecule has 8 heteroatoms. The zero-order chi connectivity index (χ0) is 19.4. The first-order valence-electron chi connectivity index (χ1n) is 10.5. The maximum Gasteiger partial charge on any atom is 0.240 e. The minimum Gasteiger partial charge on any atom is -0.352 e. The standard InChI is InChI=1S/C20H29N7O/c1-13(2)26-10-9-16(20(26)28)24(3)15-11-25(12-15)18-8-7-17-21-22-19(27(17)23-18)14-5-4-6-14/h7-8,13-16H,4-6,9-12H2,1-3H3. The third-order valence-electron chi connectivity index (χ3n) is 6.83. The molecule has 0 radical (unpaired) electrons. The highest BCUT2D eigenvalue weighted by atomic mass is 16.2. The summed E-state index contributed by atoms with van der Waals surface area (Å²) < 4.78 is 1.93. The van der Waals surface area contributed by atoms with Gasteiger partial charge in [-0.3, -0.25) is 9.69 Å². The van der Waals surface area contributed by atoms with E-state index in [1.54, 1.807) is 0 Å². The van der Waals surface area contributed by atoms with Gasteiger partial charge in [-0.2, -0.15) is 4.52 Å². The second-order valence-electron chi connectivity index (χ2n) is 8.80. The van der Waals surface area contributed by atoms with Gasteiger partial charge in [-0.15, -0.1) is 15.3 Å². The first kappa shape index (κ1) is 17.8. The second-order valence-corrected chi connectivity index (χ2v) is 8.80. The lowest BCUT2D eigenvalue weighted by atomic mass is 9.85. The normalized spacial score (nSPS) is 23.9. The van der Waals surface area contributed by atoms with Crippen molar-refractivity contribution < 1.29 is 4.79 Å². The molecule has 1 atom stereocenters. The average Bonchev–Trinajstić information content (AvgIpc) is 3.16. The summed E-state index contributed by atoms with van der Waals surface area (Å²) >= 11 is 0. The Hall–Kier alpha value is -2.22. The Morgan fingerprint density at radius 1 is 1.14 bits per heavy atom. The van der Waals surface area contributed by atoms with Crippen LogP contribution in [0.25, 0.3) is 5.65 Å². The van der Waals surface area contributed by atoms with Crippen LogP contribution in [0.5, 0.6) is 0 Å². The summed E-state index contributed by atoms with van der Waals surface area (Å²) in [4.78, 5) is 19.2. The molecule has 2 aromatic heterocycles. The van der Waals surface area contributed by atoms with E-state index in [1.165, 1.54) is 19.3 Å². The summed E-state index contributed by atoms with van der Waals surface area (Å²) in [5.41, 5.74) is 0.824. The summed E-state index contributed by atoms with van der Waals surface area (Å²) in [6.07, 6.45) is 4.57. The van der Waals surface area contributed by atoms with Gasteiger partial charge in [0.05, 0.1) is 6.04 Å². The van der Waals surface area contributed by atoms with Gasteiger partial charge in [-0.25, -0.2) is 0 Å². The van der Waals surface area contributed by atoms with E-state index in [0.717, 1.165) is 43.3 Å². The Morgan fingerprint density at radius 2 is 1.93 bits per heavy atom. The molecule has 28 heavy (non-hydrogen) atoms. The quantitative estimate of drug-likeness (QED) is 0.780. The van der Waals surface area contributed by atoms with E-state index >= 15 is 0 Å². The molecule has 1 saturated carbocycles. The number of fused-ring (bicyclic) bond motifs is 1. The van der Waals surface area contributed by atoms with Gasteiger partial charge in [-0.05, 0) is 52.3 Å². The zero-order valence-corrected chi connectivity index (χ0v) is 17.0. The number of likely N-dealkylation sites (N-methyl/N-ethyl adjacent to an activating group) is 1. The highest BCUT2D eigenvalue weighted by molar-refractivity contribution is 5.84. The van der Waals surface area contributed by atoms with Gasteiger partial charge in [0.25, 0.3) is 0 Å². The van der Waals surface area contributed by atoms with Gasteiger partial charge in [0.15, 0.2) is 11.5 Å². The van der Waals surface area contributed by atoms with Crippen molar-refractivity contribution in [2.75, 3.05) is 31.6 Å². The molecule has 1 amide bonds. The van der Waals surface area contributed by atoms with Crippen molar-refractivity contribution in [3.63, 3.8) is 0 Å². The number of carbonyl (C=O) groups is 1. The fourth-order valence-electron chi connectivity index (χ4n) is 4.62. The highest BCUT2D eigenvalue weighted by Gasteiger charge is 2.41. The minimum atomic E-state index is 0.0213. The number of amides is 1. The van der Waals surface area contributed by atoms with Crippen LogP contribution < -0.4 is 4.90 Å². The summed E-state index contributed by atoms with van der Waals surface area (Å²) in [6, 6.07) is 4.74. The third kappa shape index (κ3) is 2.77. The third-order valence-corrected chi connectivity index (χ3v) is 6.83. The first-order valence-corrected chi connectivity index (χ1v) is 10.5. The van der Waals surface area contributed by atoms with E-state index in [1.807, 2.05) is 21.5 Å². The van der Waals surface area contributed by atoms with Crippen LogP contribution >= 0.6 is 0 Å². The molecule has 150 valence electrons. The maximum absolute atomic E-state index is 12.7. The summed E-state index contributed by atoms with van der Waals surface area (Å²) in [5.74, 6) is 2.76. The molecule has 3 aliphatic rings. The molecule has 4 heterocycles. The molecule has 1 unspecified atom stereocenters. The van der Waals surface area contributed by atoms with Gasteiger partial charge >= 0.3 is 0 Å². The molecule has 0 spiro atoms. The van der Waals surface area contributed by atoms with Crippen molar-refractivity contribution >= 4 is 17.4 Å². The summed E-state index contributed by atoms with van der Waals surface area (Å²) in [7, 11) is 2.10. The number of rotatable bonds is 5. The lowest BCUT2D eigenvalue weighted by molar-refractivity contribution is -0.133. The molecule has 0 aromatic carbocycles. The SMILES string of the molecule is CC(C)N1CCC(N(C)C2CN(c3ccc4nnc(C5CCC5)n4n3)C2)C1=O. The largest absolute Gasteiger partial charge is 0.352 e. The molecule has 1 aliphatic carbocycles. The van der Waals surface area contributed by atoms with Crippen LogP contribution in [0.15, 0.2) is 12.1 Å². The summed E-state index contributed by atoms with van der Waals surface area (Å²) in [5, 5.41) is 13.5. The molecule has 0 N–H and O–H groups in total. The van der Waals surface area contributed by atoms with Crippen molar-refractivity contribution in [3.05, 3.63) is 18.0 Å². The van der Waals surface area contributed by atoms with Gasteiger partial charge in [0.2, 0.25) is 5.91 Å². The molecule has 8 nitrogen and oxygen atoms in total. The van der Waals surface area contributed by atoms with Crippen molar-refractivity contribution in [2.45, 2.75) is 63.6 Å². The number of carbonyl (C=O) groups excluding carboxylic acids is 1. The minimum absolute atomic E-state index is 0.0213. The fraction of sp³-hybridized carbons (Fsp3) is 0.700. The molecule has 3 fully saturated rings. The fourth-order valence-corrected chi connectivity index (χ4v) is 4.62. The Kier molecular flexibility index (Phi) is 4.26. The van der Waals surface area contributed by atoms with Crippen molar-refractivity contribution in [1.82, 2.24) is 29.6 Å². The monoisotopic (exact) mass is 383 g/mol. The average molecular weight is 384 g/mol. The highest BCUT2D eigenvalue weighted by Crippen LogP contribution is 2.35. The lowest BCUT2D eigenvalue weighted by Crippen LogP contribution is -2.62. The van der Waals surface area contributed by atoms with Crippen molar-refractivity contribution in [2.24, 2.45) is 0 Å². The number of likely N-dealkylation sites (tertiary alicyclic amines) is 1. The Morgan fingerprint density at radius 3 is 2.57 bits per heavy atom. The van der Waals surface area contributed by atoms with Crippen LogP contribution in [0.3, 0.4) is 0 Å².